The van der Waals surface area contributed by atoms with Crippen molar-refractivity contribution in [1.29, 1.82) is 0 Å². The molecule has 0 rings (SSSR count). The average molecular weight is 111 g/mol. The fraction of sp³-hybridized carbons (Fsp3) is 0.600. The van der Waals surface area contributed by atoms with Gasteiger partial charge < -0.3 is 10.4 Å². The Morgan fingerprint density at radius 2 is 2.50 bits per heavy atom. The van der Waals surface area contributed by atoms with Crippen LogP contribution in [0.2, 0.25) is 0 Å². The van der Waals surface area contributed by atoms with Gasteiger partial charge in [-0.1, -0.05) is 6.08 Å². The summed E-state index contributed by atoms with van der Waals surface area (Å²) in [7, 11) is 5.32. The van der Waals surface area contributed by atoms with Gasteiger partial charge in [0.2, 0.25) is 0 Å². The third-order valence-electron chi connectivity index (χ3n) is 0.746. The van der Waals surface area contributed by atoms with Crippen molar-refractivity contribution in [2.45, 2.75) is 5.94 Å². The highest BCUT2D eigenvalue weighted by atomic mass is 16.3. The molecule has 0 saturated heterocycles. The molecule has 3 heteroatoms. The van der Waals surface area contributed by atoms with E-state index >= 15 is 0 Å². The fourth-order valence-electron chi connectivity index (χ4n) is 0.315. The molecule has 0 amide bonds. The maximum atomic E-state index is 8.26. The molecule has 0 aliphatic rings. The maximum absolute atomic E-state index is 8.26. The van der Waals surface area contributed by atoms with Gasteiger partial charge in [-0.25, -0.2) is 0 Å². The van der Waals surface area contributed by atoms with Crippen molar-refractivity contribution in [3.8, 4) is 0 Å². The minimum Gasteiger partial charge on any atom is -0.395 e. The second kappa shape index (κ2) is 4.87. The Labute approximate surface area is 51.0 Å². The molecule has 0 aliphatic carbocycles. The summed E-state index contributed by atoms with van der Waals surface area (Å²) in [6.07, 6.45) is 1.58. The van der Waals surface area contributed by atoms with Crippen molar-refractivity contribution in [1.82, 2.24) is 5.32 Å². The minimum absolute atomic E-state index is 0.113. The molecule has 1 atom stereocenters. The van der Waals surface area contributed by atoms with Crippen molar-refractivity contribution < 1.29 is 5.11 Å². The highest BCUT2D eigenvalue weighted by Crippen LogP contribution is 1.71. The first-order chi connectivity index (χ1) is 3.81. The predicted molar refractivity (Wildman–Crippen MR) is 34.8 cm³/mol. The topological polar surface area (TPSA) is 32.3 Å². The molecule has 0 aromatic heterocycles. The summed E-state index contributed by atoms with van der Waals surface area (Å²) in [5.74, 6) is -0.192. The second-order valence-electron chi connectivity index (χ2n) is 1.44. The van der Waals surface area contributed by atoms with Crippen LogP contribution in [-0.4, -0.2) is 32.0 Å². The Bertz CT molecular complexity index is 67.4. The van der Waals surface area contributed by atoms with E-state index in [1.165, 1.54) is 0 Å². The molecule has 2 radical (unpaired) electrons. The first kappa shape index (κ1) is 7.72. The number of hydrogen-bond acceptors (Lipinski definition) is 2. The van der Waals surface area contributed by atoms with Gasteiger partial charge in [0.1, 0.15) is 0 Å². The molecule has 0 unspecified atom stereocenters. The first-order valence-corrected chi connectivity index (χ1v) is 2.53. The van der Waals surface area contributed by atoms with Crippen molar-refractivity contribution >= 4 is 7.85 Å². The van der Waals surface area contributed by atoms with E-state index in [0.29, 0.717) is 6.54 Å². The Morgan fingerprint density at radius 3 is 2.88 bits per heavy atom. The van der Waals surface area contributed by atoms with Crippen LogP contribution in [-0.2, 0) is 0 Å². The Morgan fingerprint density at radius 1 is 1.88 bits per heavy atom. The first-order valence-electron chi connectivity index (χ1n) is 2.53. The molecule has 0 heterocycles. The molecular weight excluding hydrogens is 101 g/mol. The standard InChI is InChI=1S/C5H10BNO/c1-2-5(6)7-3-4-8/h2,5,7-8H,1,3-4H2/t5-/m0/s1. The Balaban J connectivity index is 2.98. The van der Waals surface area contributed by atoms with Gasteiger partial charge >= 0.3 is 0 Å². The van der Waals surface area contributed by atoms with Crippen molar-refractivity contribution in [2.75, 3.05) is 13.2 Å². The third kappa shape index (κ3) is 3.90. The third-order valence-corrected chi connectivity index (χ3v) is 0.746. The van der Waals surface area contributed by atoms with Crippen LogP contribution in [0.15, 0.2) is 12.7 Å². The monoisotopic (exact) mass is 111 g/mol. The van der Waals surface area contributed by atoms with Gasteiger partial charge in [0.05, 0.1) is 14.5 Å². The van der Waals surface area contributed by atoms with Crippen LogP contribution in [0.25, 0.3) is 0 Å². The van der Waals surface area contributed by atoms with Crippen LogP contribution in [0.4, 0.5) is 0 Å². The molecule has 0 aliphatic heterocycles. The molecule has 0 aromatic rings. The van der Waals surface area contributed by atoms with E-state index in [9.17, 15) is 0 Å². The summed E-state index contributed by atoms with van der Waals surface area (Å²) in [4.78, 5) is 0. The lowest BCUT2D eigenvalue weighted by Gasteiger charge is -2.05. The van der Waals surface area contributed by atoms with E-state index in [0.717, 1.165) is 0 Å². The van der Waals surface area contributed by atoms with Crippen molar-refractivity contribution in [2.24, 2.45) is 0 Å². The number of aliphatic hydroxyl groups is 1. The molecule has 0 bridgehead atoms. The van der Waals surface area contributed by atoms with Crippen LogP contribution in [0, 0.1) is 0 Å². The zero-order valence-corrected chi connectivity index (χ0v) is 4.80. The van der Waals surface area contributed by atoms with E-state index in [2.05, 4.69) is 11.9 Å². The van der Waals surface area contributed by atoms with E-state index in [4.69, 9.17) is 13.0 Å². The van der Waals surface area contributed by atoms with Crippen molar-refractivity contribution in [3.05, 3.63) is 12.7 Å². The Hall–Kier alpha value is -0.275. The highest BCUT2D eigenvalue weighted by molar-refractivity contribution is 6.12. The van der Waals surface area contributed by atoms with E-state index < -0.39 is 0 Å². The average Bonchev–Trinajstić information content (AvgIpc) is 1.83. The van der Waals surface area contributed by atoms with Crippen LogP contribution in [0.3, 0.4) is 0 Å². The lowest BCUT2D eigenvalue weighted by atomic mass is 9.97. The summed E-state index contributed by atoms with van der Waals surface area (Å²) >= 11 is 0. The van der Waals surface area contributed by atoms with Gasteiger partial charge in [0, 0.05) is 6.54 Å². The SMILES string of the molecule is [B][C@H](C=C)NCCO. The van der Waals surface area contributed by atoms with E-state index in [1.807, 2.05) is 0 Å². The van der Waals surface area contributed by atoms with Gasteiger partial charge in [-0.3, -0.25) is 0 Å². The molecule has 2 nitrogen and oxygen atoms in total. The van der Waals surface area contributed by atoms with Gasteiger partial charge in [0.15, 0.2) is 0 Å². The lowest BCUT2D eigenvalue weighted by molar-refractivity contribution is 0.293. The number of hydrogen-bond donors (Lipinski definition) is 2. The summed E-state index contributed by atoms with van der Waals surface area (Å²) in [6.45, 7) is 4.08. The van der Waals surface area contributed by atoms with Gasteiger partial charge in [-0.15, -0.1) is 6.58 Å². The van der Waals surface area contributed by atoms with E-state index in [-0.39, 0.29) is 12.5 Å². The lowest BCUT2D eigenvalue weighted by Crippen LogP contribution is -2.29. The second-order valence-corrected chi connectivity index (χ2v) is 1.44. The largest absolute Gasteiger partial charge is 0.395 e. The molecule has 0 aromatic carbocycles. The van der Waals surface area contributed by atoms with E-state index in [1.54, 1.807) is 6.08 Å². The maximum Gasteiger partial charge on any atom is 0.0963 e. The van der Waals surface area contributed by atoms with Gasteiger partial charge in [-0.05, 0) is 5.94 Å². The van der Waals surface area contributed by atoms with Crippen LogP contribution >= 0.6 is 0 Å². The molecular formula is C5H10BNO. The van der Waals surface area contributed by atoms with Crippen LogP contribution in [0.5, 0.6) is 0 Å². The van der Waals surface area contributed by atoms with Gasteiger partial charge in [-0.2, -0.15) is 0 Å². The minimum atomic E-state index is -0.192. The summed E-state index contributed by atoms with van der Waals surface area (Å²) < 4.78 is 0. The highest BCUT2D eigenvalue weighted by Gasteiger charge is 1.89. The Kier molecular flexibility index (Phi) is 4.71. The van der Waals surface area contributed by atoms with Crippen LogP contribution in [0.1, 0.15) is 0 Å². The summed E-state index contributed by atoms with van der Waals surface area (Å²) in [5, 5.41) is 11.0. The molecule has 0 saturated carbocycles. The number of rotatable bonds is 4. The normalized spacial score (nSPS) is 13.1. The predicted octanol–water partition coefficient (Wildman–Crippen LogP) is -0.751. The molecule has 0 fully saturated rings. The quantitative estimate of drug-likeness (QED) is 0.369. The van der Waals surface area contributed by atoms with Crippen molar-refractivity contribution in [3.63, 3.8) is 0 Å². The summed E-state index contributed by atoms with van der Waals surface area (Å²) in [6, 6.07) is 0. The smallest absolute Gasteiger partial charge is 0.0963 e. The molecule has 0 spiro atoms. The number of aliphatic hydroxyl groups excluding tert-OH is 1. The molecule has 2 N–H and O–H groups in total. The molecule has 44 valence electrons. The fourth-order valence-corrected chi connectivity index (χ4v) is 0.315. The molecule has 8 heavy (non-hydrogen) atoms. The zero-order chi connectivity index (χ0) is 6.41. The van der Waals surface area contributed by atoms with Crippen LogP contribution < -0.4 is 5.32 Å². The van der Waals surface area contributed by atoms with Gasteiger partial charge in [0.25, 0.3) is 0 Å². The zero-order valence-electron chi connectivity index (χ0n) is 4.80. The summed E-state index contributed by atoms with van der Waals surface area (Å²) in [5.41, 5.74) is 0. The number of nitrogens with one attached hydrogen (secondary N) is 1.